The van der Waals surface area contributed by atoms with E-state index in [4.69, 9.17) is 0 Å². The minimum absolute atomic E-state index is 0.496. The number of hydrogen-bond acceptors (Lipinski definition) is 4. The van der Waals surface area contributed by atoms with Crippen molar-refractivity contribution < 1.29 is 5.11 Å². The van der Waals surface area contributed by atoms with Crippen molar-refractivity contribution in [3.05, 3.63) is 16.6 Å². The van der Waals surface area contributed by atoms with Gasteiger partial charge in [0.2, 0.25) is 0 Å². The number of nitrogens with one attached hydrogen (secondary N) is 1. The Morgan fingerprint density at radius 1 is 1.57 bits per heavy atom. The van der Waals surface area contributed by atoms with Crippen molar-refractivity contribution >= 4 is 11.5 Å². The van der Waals surface area contributed by atoms with E-state index in [9.17, 15) is 5.11 Å². The Morgan fingerprint density at radius 3 is 2.86 bits per heavy atom. The smallest absolute Gasteiger partial charge is 0.0720 e. The molecule has 0 spiro atoms. The van der Waals surface area contributed by atoms with Crippen molar-refractivity contribution in [3.8, 4) is 0 Å². The van der Waals surface area contributed by atoms with Crippen LogP contribution in [0.5, 0.6) is 0 Å². The molecule has 0 atom stereocenters. The van der Waals surface area contributed by atoms with E-state index >= 15 is 0 Å². The second-order valence-corrected chi connectivity index (χ2v) is 4.98. The third-order valence-electron chi connectivity index (χ3n) is 2.71. The highest BCUT2D eigenvalue weighted by molar-refractivity contribution is 7.05. The number of hydrogen-bond donors (Lipinski definition) is 2. The monoisotopic (exact) mass is 212 g/mol. The van der Waals surface area contributed by atoms with Gasteiger partial charge in [-0.25, -0.2) is 0 Å². The van der Waals surface area contributed by atoms with Gasteiger partial charge in [0.1, 0.15) is 0 Å². The van der Waals surface area contributed by atoms with E-state index in [0.717, 1.165) is 38.0 Å². The van der Waals surface area contributed by atoms with Crippen LogP contribution in [-0.4, -0.2) is 28.2 Å². The molecule has 1 aromatic rings. The van der Waals surface area contributed by atoms with Crippen molar-refractivity contribution in [2.24, 2.45) is 0 Å². The lowest BCUT2D eigenvalue weighted by molar-refractivity contribution is 0.0116. The Labute approximate surface area is 88.3 Å². The predicted molar refractivity (Wildman–Crippen MR) is 57.6 cm³/mol. The molecular formula is C10H16N2OS. The maximum Gasteiger partial charge on any atom is 0.0720 e. The first-order chi connectivity index (χ1) is 6.68. The topological polar surface area (TPSA) is 45.1 Å². The van der Waals surface area contributed by atoms with Crippen LogP contribution in [0.4, 0.5) is 0 Å². The molecule has 3 nitrogen and oxygen atoms in total. The highest BCUT2D eigenvalue weighted by Gasteiger charge is 2.29. The summed E-state index contributed by atoms with van der Waals surface area (Å²) in [5.41, 5.74) is 0.562. The second-order valence-electron chi connectivity index (χ2n) is 4.09. The van der Waals surface area contributed by atoms with Gasteiger partial charge in [-0.2, -0.15) is 4.37 Å². The average Bonchev–Trinajstić information content (AvgIpc) is 2.51. The minimum atomic E-state index is -0.496. The van der Waals surface area contributed by atoms with Gasteiger partial charge in [0.25, 0.3) is 0 Å². The van der Waals surface area contributed by atoms with Gasteiger partial charge >= 0.3 is 0 Å². The molecule has 1 aromatic heterocycles. The van der Waals surface area contributed by atoms with Crippen LogP contribution < -0.4 is 5.32 Å². The van der Waals surface area contributed by atoms with E-state index < -0.39 is 5.60 Å². The maximum atomic E-state index is 10.3. The summed E-state index contributed by atoms with van der Waals surface area (Å²) in [6.45, 7) is 3.84. The van der Waals surface area contributed by atoms with E-state index in [1.807, 2.05) is 6.92 Å². The molecule has 2 rings (SSSR count). The van der Waals surface area contributed by atoms with Gasteiger partial charge in [-0.15, -0.1) is 0 Å². The van der Waals surface area contributed by atoms with Crippen molar-refractivity contribution in [2.45, 2.75) is 31.8 Å². The fourth-order valence-corrected chi connectivity index (χ4v) is 2.76. The Hall–Kier alpha value is -0.450. The normalized spacial score (nSPS) is 21.0. The van der Waals surface area contributed by atoms with Crippen LogP contribution in [0.25, 0.3) is 0 Å². The summed E-state index contributed by atoms with van der Waals surface area (Å²) in [4.78, 5) is 1.20. The third kappa shape index (κ3) is 2.32. The van der Waals surface area contributed by atoms with Crippen LogP contribution in [0.1, 0.15) is 23.4 Å². The summed E-state index contributed by atoms with van der Waals surface area (Å²) in [6.07, 6.45) is 2.47. The summed E-state index contributed by atoms with van der Waals surface area (Å²) in [7, 11) is 0. The summed E-state index contributed by atoms with van der Waals surface area (Å²) in [6, 6.07) is 2.07. The fraction of sp³-hybridized carbons (Fsp3) is 0.700. The van der Waals surface area contributed by atoms with Crippen LogP contribution in [0, 0.1) is 6.92 Å². The molecule has 2 N–H and O–H groups in total. The summed E-state index contributed by atoms with van der Waals surface area (Å²) in [5, 5.41) is 13.5. The molecule has 2 heterocycles. The molecule has 78 valence electrons. The molecule has 1 aliphatic rings. The van der Waals surface area contributed by atoms with E-state index in [0.29, 0.717) is 0 Å². The standard InChI is InChI=1S/C10H16N2OS/c1-8-6-9(14-12-8)7-10(13)2-4-11-5-3-10/h6,11,13H,2-5,7H2,1H3. The molecule has 14 heavy (non-hydrogen) atoms. The molecule has 1 fully saturated rings. The molecule has 1 saturated heterocycles. The quantitative estimate of drug-likeness (QED) is 0.772. The van der Waals surface area contributed by atoms with E-state index in [1.165, 1.54) is 16.4 Å². The van der Waals surface area contributed by atoms with E-state index in [2.05, 4.69) is 15.8 Å². The Bertz CT molecular complexity index is 305. The van der Waals surface area contributed by atoms with Crippen LogP contribution in [0.2, 0.25) is 0 Å². The van der Waals surface area contributed by atoms with Gasteiger partial charge in [0.05, 0.1) is 11.3 Å². The number of nitrogens with zero attached hydrogens (tertiary/aromatic N) is 1. The fourth-order valence-electron chi connectivity index (χ4n) is 1.89. The van der Waals surface area contributed by atoms with E-state index in [1.54, 1.807) is 0 Å². The Kier molecular flexibility index (Phi) is 2.85. The molecule has 0 radical (unpaired) electrons. The van der Waals surface area contributed by atoms with Crippen LogP contribution >= 0.6 is 11.5 Å². The average molecular weight is 212 g/mol. The SMILES string of the molecule is Cc1cc(CC2(O)CCNCC2)sn1. The predicted octanol–water partition coefficient (Wildman–Crippen LogP) is 1.11. The van der Waals surface area contributed by atoms with Crippen molar-refractivity contribution in [3.63, 3.8) is 0 Å². The van der Waals surface area contributed by atoms with Gasteiger partial charge in [0, 0.05) is 11.3 Å². The number of aryl methyl sites for hydroxylation is 1. The lowest BCUT2D eigenvalue weighted by atomic mass is 9.88. The summed E-state index contributed by atoms with van der Waals surface area (Å²) in [5.74, 6) is 0. The molecule has 0 aliphatic carbocycles. The molecular weight excluding hydrogens is 196 g/mol. The highest BCUT2D eigenvalue weighted by atomic mass is 32.1. The van der Waals surface area contributed by atoms with Gasteiger partial charge in [-0.05, 0) is 50.5 Å². The number of aromatic nitrogens is 1. The molecule has 0 saturated carbocycles. The zero-order valence-electron chi connectivity index (χ0n) is 8.42. The molecule has 0 bridgehead atoms. The summed E-state index contributed by atoms with van der Waals surface area (Å²) >= 11 is 1.51. The maximum absolute atomic E-state index is 10.3. The Morgan fingerprint density at radius 2 is 2.29 bits per heavy atom. The molecule has 0 aromatic carbocycles. The summed E-state index contributed by atoms with van der Waals surface area (Å²) < 4.78 is 4.23. The van der Waals surface area contributed by atoms with Gasteiger partial charge < -0.3 is 10.4 Å². The number of piperidine rings is 1. The number of aliphatic hydroxyl groups is 1. The van der Waals surface area contributed by atoms with Crippen molar-refractivity contribution in [1.29, 1.82) is 0 Å². The zero-order chi connectivity index (χ0) is 10.0. The first-order valence-electron chi connectivity index (χ1n) is 5.03. The molecule has 1 aliphatic heterocycles. The first-order valence-corrected chi connectivity index (χ1v) is 5.81. The van der Waals surface area contributed by atoms with Gasteiger partial charge in [-0.3, -0.25) is 0 Å². The van der Waals surface area contributed by atoms with Gasteiger partial charge in [0.15, 0.2) is 0 Å². The lowest BCUT2D eigenvalue weighted by Gasteiger charge is -2.32. The largest absolute Gasteiger partial charge is 0.389 e. The Balaban J connectivity index is 2.01. The molecule has 0 amide bonds. The first kappa shape index (κ1) is 10.1. The van der Waals surface area contributed by atoms with Crippen LogP contribution in [-0.2, 0) is 6.42 Å². The van der Waals surface area contributed by atoms with Crippen molar-refractivity contribution in [1.82, 2.24) is 9.69 Å². The third-order valence-corrected chi connectivity index (χ3v) is 3.59. The van der Waals surface area contributed by atoms with E-state index in [-0.39, 0.29) is 0 Å². The highest BCUT2D eigenvalue weighted by Crippen LogP contribution is 2.25. The van der Waals surface area contributed by atoms with Crippen LogP contribution in [0.15, 0.2) is 6.07 Å². The lowest BCUT2D eigenvalue weighted by Crippen LogP contribution is -2.43. The molecule has 0 unspecified atom stereocenters. The zero-order valence-corrected chi connectivity index (χ0v) is 9.23. The second kappa shape index (κ2) is 3.96. The van der Waals surface area contributed by atoms with Gasteiger partial charge in [-0.1, -0.05) is 0 Å². The van der Waals surface area contributed by atoms with Crippen LogP contribution in [0.3, 0.4) is 0 Å². The molecule has 4 heteroatoms. The minimum Gasteiger partial charge on any atom is -0.389 e. The van der Waals surface area contributed by atoms with Crippen molar-refractivity contribution in [2.75, 3.05) is 13.1 Å². The number of rotatable bonds is 2.